The maximum Gasteiger partial charge on any atom is 0.280 e. The van der Waals surface area contributed by atoms with Crippen molar-refractivity contribution in [2.75, 3.05) is 18.8 Å². The minimum absolute atomic E-state index is 0.0858. The first kappa shape index (κ1) is 28.2. The van der Waals surface area contributed by atoms with Gasteiger partial charge in [-0.15, -0.1) is 0 Å². The van der Waals surface area contributed by atoms with Gasteiger partial charge in [-0.2, -0.15) is 5.26 Å². The molecule has 2 aromatic carbocycles. The molecule has 2 aliphatic rings. The molecule has 1 aromatic heterocycles. The quantitative estimate of drug-likeness (QED) is 0.462. The molecule has 9 nitrogen and oxygen atoms in total. The average Bonchev–Trinajstić information content (AvgIpc) is 2.97. The normalized spacial score (nSPS) is 21.6. The molecule has 3 N–H and O–H groups in total. The van der Waals surface area contributed by atoms with Crippen molar-refractivity contribution in [1.29, 1.82) is 5.26 Å². The molecule has 0 unspecified atom stereocenters. The lowest BCUT2D eigenvalue weighted by Gasteiger charge is -2.42. The molecule has 1 saturated carbocycles. The van der Waals surface area contributed by atoms with Gasteiger partial charge in [0.15, 0.2) is 5.69 Å². The summed E-state index contributed by atoms with van der Waals surface area (Å²) in [7, 11) is 0. The Kier molecular flexibility index (Phi) is 7.78. The summed E-state index contributed by atoms with van der Waals surface area (Å²) in [5.41, 5.74) is 4.98. The van der Waals surface area contributed by atoms with E-state index in [2.05, 4.69) is 4.98 Å². The van der Waals surface area contributed by atoms with Crippen molar-refractivity contribution in [3.63, 3.8) is 0 Å². The van der Waals surface area contributed by atoms with Gasteiger partial charge in [0.25, 0.3) is 5.56 Å². The number of aromatic nitrogens is 2. The molecule has 0 spiro atoms. The van der Waals surface area contributed by atoms with Crippen LogP contribution in [0.1, 0.15) is 49.1 Å². The number of nitrogens with two attached hydrogens (primary N) is 1. The van der Waals surface area contributed by atoms with E-state index in [4.69, 9.17) is 15.7 Å². The van der Waals surface area contributed by atoms with Crippen LogP contribution < -0.4 is 16.0 Å². The van der Waals surface area contributed by atoms with E-state index in [0.717, 1.165) is 5.56 Å². The highest BCUT2D eigenvalue weighted by Gasteiger charge is 2.46. The predicted octanol–water partition coefficient (Wildman–Crippen LogP) is 4.06. The Labute approximate surface area is 235 Å². The molecule has 2 fully saturated rings. The smallest absolute Gasteiger partial charge is 0.280 e. The summed E-state index contributed by atoms with van der Waals surface area (Å²) in [6, 6.07) is 17.3. The Balaban J connectivity index is 1.24. The van der Waals surface area contributed by atoms with Crippen molar-refractivity contribution in [2.24, 2.45) is 5.92 Å². The molecule has 5 rings (SSSR count). The Hall–Kier alpha value is -4.30. The number of aliphatic hydroxyl groups is 1. The molecular weight excluding hydrogens is 532 g/mol. The van der Waals surface area contributed by atoms with Crippen LogP contribution in [0.3, 0.4) is 0 Å². The van der Waals surface area contributed by atoms with Gasteiger partial charge in [-0.05, 0) is 43.0 Å². The number of ether oxygens (including phenoxy) is 1. The monoisotopic (exact) mass is 563 g/mol. The van der Waals surface area contributed by atoms with Crippen molar-refractivity contribution in [3.05, 3.63) is 82.4 Å². The average molecular weight is 564 g/mol. The lowest BCUT2D eigenvalue weighted by Crippen LogP contribution is -2.52. The summed E-state index contributed by atoms with van der Waals surface area (Å²) in [4.78, 5) is 32.3. The van der Waals surface area contributed by atoms with Gasteiger partial charge in [-0.3, -0.25) is 14.2 Å². The van der Waals surface area contributed by atoms with Crippen LogP contribution >= 0.6 is 0 Å². The number of piperidine rings is 1. The molecule has 0 radical (unpaired) electrons. The number of nitrogen functional groups attached to an aromatic ring is 1. The predicted molar refractivity (Wildman–Crippen MR) is 146 cm³/mol. The molecule has 1 aliphatic carbocycles. The van der Waals surface area contributed by atoms with E-state index in [-0.39, 0.29) is 69.2 Å². The number of rotatable bonds is 6. The third-order valence-corrected chi connectivity index (χ3v) is 8.05. The second-order valence-electron chi connectivity index (χ2n) is 10.9. The Morgan fingerprint density at radius 1 is 1.15 bits per heavy atom. The van der Waals surface area contributed by atoms with Crippen molar-refractivity contribution >= 4 is 11.6 Å². The number of nitrogens with zero attached hydrogens (tertiary/aromatic N) is 4. The second-order valence-corrected chi connectivity index (χ2v) is 10.9. The molecule has 1 amide bonds. The third kappa shape index (κ3) is 6.23. The van der Waals surface area contributed by atoms with Crippen LogP contribution in [0.5, 0.6) is 11.6 Å². The van der Waals surface area contributed by atoms with Crippen molar-refractivity contribution in [3.8, 4) is 17.7 Å². The fraction of sp³-hybridized carbons (Fsp3) is 0.400. The number of carbonyl (C=O) groups is 1. The Bertz CT molecular complexity index is 1510. The molecule has 2 atom stereocenters. The number of hydrogen-bond donors (Lipinski definition) is 2. The maximum absolute atomic E-state index is 14.3. The van der Waals surface area contributed by atoms with E-state index >= 15 is 0 Å². The van der Waals surface area contributed by atoms with Gasteiger partial charge in [0.05, 0.1) is 23.8 Å². The number of amides is 1. The first-order valence-electron chi connectivity index (χ1n) is 13.5. The molecule has 0 bridgehead atoms. The van der Waals surface area contributed by atoms with Crippen LogP contribution in [0, 0.1) is 17.2 Å². The van der Waals surface area contributed by atoms with Gasteiger partial charge in [0, 0.05) is 37.8 Å². The summed E-state index contributed by atoms with van der Waals surface area (Å²) in [6.07, 6.45) is 1.04. The highest BCUT2D eigenvalue weighted by atomic mass is 19.3. The highest BCUT2D eigenvalue weighted by Crippen LogP contribution is 2.46. The van der Waals surface area contributed by atoms with Gasteiger partial charge in [0.1, 0.15) is 12.1 Å². The van der Waals surface area contributed by atoms with Gasteiger partial charge in [0.2, 0.25) is 17.7 Å². The minimum Gasteiger partial charge on any atom is -0.437 e. The molecule has 41 heavy (non-hydrogen) atoms. The van der Waals surface area contributed by atoms with Crippen molar-refractivity contribution in [1.82, 2.24) is 14.5 Å². The van der Waals surface area contributed by atoms with Crippen molar-refractivity contribution in [2.45, 2.75) is 56.1 Å². The van der Waals surface area contributed by atoms with Crippen molar-refractivity contribution < 1.29 is 23.4 Å². The standard InChI is InChI=1S/C30H31F2N5O4/c31-30(32)10-9-23(24(16-30)21-6-2-1-3-7-21)27(38)36-13-11-29(40,12-14-36)18-37-19-35-26(25(34)28(37)39)41-22-8-4-5-20(15-22)17-33/h1-8,15,19,23-24,40H,9-14,16,18,34H2/t23-,24+/m1/s1. The number of carbonyl (C=O) groups excluding carboxylic acids is 1. The van der Waals surface area contributed by atoms with Gasteiger partial charge in [-0.1, -0.05) is 36.4 Å². The van der Waals surface area contributed by atoms with E-state index in [1.807, 2.05) is 12.1 Å². The lowest BCUT2D eigenvalue weighted by atomic mass is 9.73. The van der Waals surface area contributed by atoms with E-state index in [1.165, 1.54) is 17.0 Å². The SMILES string of the molecule is N#Cc1cccc(Oc2ncn(CC3(O)CCN(C(=O)[C@@H]4CCC(F)(F)C[C@H]4c4ccccc4)CC3)c(=O)c2N)c1. The molecule has 11 heteroatoms. The Morgan fingerprint density at radius 3 is 2.59 bits per heavy atom. The van der Waals surface area contributed by atoms with Crippen LogP contribution in [0.2, 0.25) is 0 Å². The molecule has 2 heterocycles. The maximum atomic E-state index is 14.3. The summed E-state index contributed by atoms with van der Waals surface area (Å²) in [6.45, 7) is 0.382. The van der Waals surface area contributed by atoms with Crippen LogP contribution in [-0.2, 0) is 11.3 Å². The fourth-order valence-electron chi connectivity index (χ4n) is 5.76. The number of hydrogen-bond acceptors (Lipinski definition) is 7. The lowest BCUT2D eigenvalue weighted by molar-refractivity contribution is -0.145. The van der Waals surface area contributed by atoms with E-state index < -0.39 is 28.9 Å². The van der Waals surface area contributed by atoms with Gasteiger partial charge < -0.3 is 20.5 Å². The fourth-order valence-corrected chi connectivity index (χ4v) is 5.76. The zero-order valence-corrected chi connectivity index (χ0v) is 22.4. The summed E-state index contributed by atoms with van der Waals surface area (Å²) in [5.74, 6) is -3.95. The summed E-state index contributed by atoms with van der Waals surface area (Å²) >= 11 is 0. The van der Waals surface area contributed by atoms with Crippen LogP contribution in [-0.4, -0.2) is 50.1 Å². The van der Waals surface area contributed by atoms with E-state index in [9.17, 15) is 23.5 Å². The molecule has 3 aromatic rings. The first-order chi connectivity index (χ1) is 19.6. The molecule has 1 aliphatic heterocycles. The summed E-state index contributed by atoms with van der Waals surface area (Å²) in [5, 5.41) is 20.3. The third-order valence-electron chi connectivity index (χ3n) is 8.05. The zero-order chi connectivity index (χ0) is 29.2. The number of likely N-dealkylation sites (tertiary alicyclic amines) is 1. The topological polar surface area (TPSA) is 134 Å². The van der Waals surface area contributed by atoms with Crippen LogP contribution in [0.15, 0.2) is 65.7 Å². The Morgan fingerprint density at radius 2 is 1.88 bits per heavy atom. The first-order valence-corrected chi connectivity index (χ1v) is 13.5. The molecule has 1 saturated heterocycles. The number of nitriles is 1. The minimum atomic E-state index is -2.82. The second kappa shape index (κ2) is 11.3. The van der Waals surface area contributed by atoms with E-state index in [0.29, 0.717) is 11.3 Å². The van der Waals surface area contributed by atoms with Crippen LogP contribution in [0.25, 0.3) is 0 Å². The summed E-state index contributed by atoms with van der Waals surface area (Å²) < 4.78 is 35.5. The molecule has 214 valence electrons. The number of halogens is 2. The van der Waals surface area contributed by atoms with Gasteiger partial charge in [-0.25, -0.2) is 13.8 Å². The number of alkyl halides is 2. The van der Waals surface area contributed by atoms with E-state index in [1.54, 1.807) is 47.4 Å². The van der Waals surface area contributed by atoms with Gasteiger partial charge >= 0.3 is 0 Å². The number of benzene rings is 2. The largest absolute Gasteiger partial charge is 0.437 e. The number of anilines is 1. The molecular formula is C30H31F2N5O4. The zero-order valence-electron chi connectivity index (χ0n) is 22.4. The highest BCUT2D eigenvalue weighted by molar-refractivity contribution is 5.80. The van der Waals surface area contributed by atoms with Crippen LogP contribution in [0.4, 0.5) is 14.5 Å².